The zero-order valence-electron chi connectivity index (χ0n) is 17.6. The molecule has 7 heteroatoms. The van der Waals surface area contributed by atoms with E-state index < -0.39 is 0 Å². The van der Waals surface area contributed by atoms with Crippen LogP contribution in [0.1, 0.15) is 35.4 Å². The Morgan fingerprint density at radius 2 is 2.03 bits per heavy atom. The van der Waals surface area contributed by atoms with Crippen LogP contribution in [0, 0.1) is 20.8 Å². The molecule has 152 valence electrons. The van der Waals surface area contributed by atoms with Gasteiger partial charge in [-0.15, -0.1) is 0 Å². The molecule has 0 saturated carbocycles. The molecule has 0 amide bonds. The van der Waals surface area contributed by atoms with Crippen LogP contribution >= 0.6 is 11.3 Å². The smallest absolute Gasteiger partial charge is 0.187 e. The molecule has 1 aliphatic rings. The first-order valence-electron chi connectivity index (χ1n) is 10.0. The molecule has 1 N–H and O–H groups in total. The number of pyridine rings is 1. The number of aryl methyl sites for hydroxylation is 3. The number of nitrogens with zero attached hydrogens (tertiary/aromatic N) is 5. The molecule has 4 rings (SSSR count). The predicted octanol–water partition coefficient (Wildman–Crippen LogP) is 4.21. The number of aliphatic imine (C=N–C) groups is 1. The summed E-state index contributed by atoms with van der Waals surface area (Å²) in [6.45, 7) is 12.3. The van der Waals surface area contributed by atoms with E-state index in [9.17, 15) is 0 Å². The van der Waals surface area contributed by atoms with Crippen LogP contribution in [0.3, 0.4) is 0 Å². The molecule has 0 radical (unpaired) electrons. The molecule has 1 aliphatic heterocycles. The molecular weight excluding hydrogens is 380 g/mol. The quantitative estimate of drug-likeness (QED) is 0.643. The molecule has 0 spiro atoms. The minimum Gasteiger partial charge on any atom is -0.348 e. The number of fused-ring (bicyclic) bond motifs is 1. The zero-order chi connectivity index (χ0) is 20.5. The van der Waals surface area contributed by atoms with E-state index in [0.717, 1.165) is 69.9 Å². The van der Waals surface area contributed by atoms with Gasteiger partial charge in [-0.25, -0.2) is 15.0 Å². The summed E-state index contributed by atoms with van der Waals surface area (Å²) < 4.78 is 2.06. The van der Waals surface area contributed by atoms with E-state index >= 15 is 0 Å². The largest absolute Gasteiger partial charge is 0.348 e. The van der Waals surface area contributed by atoms with Crippen molar-refractivity contribution in [1.82, 2.24) is 19.7 Å². The molecule has 4 heterocycles. The van der Waals surface area contributed by atoms with Crippen molar-refractivity contribution >= 4 is 32.8 Å². The molecule has 0 aromatic carbocycles. The second kappa shape index (κ2) is 8.08. The number of thiazole rings is 1. The maximum atomic E-state index is 4.93. The van der Waals surface area contributed by atoms with Gasteiger partial charge in [0.2, 0.25) is 0 Å². The fourth-order valence-corrected chi connectivity index (χ4v) is 4.83. The summed E-state index contributed by atoms with van der Waals surface area (Å²) in [7, 11) is 2.15. The normalized spacial score (nSPS) is 15.8. The van der Waals surface area contributed by atoms with Gasteiger partial charge in [0.15, 0.2) is 5.13 Å². The first-order valence-corrected chi connectivity index (χ1v) is 10.9. The third-order valence-corrected chi connectivity index (χ3v) is 6.63. The number of nitrogens with one attached hydrogen (secondary N) is 1. The Bertz CT molecular complexity index is 1070. The SMILES string of the molecule is C=C/C(=N\c1sc(N(C)C2CCNCC2)nc1C)c1cc(C)c2nc(C)cn2c1. The van der Waals surface area contributed by atoms with Crippen molar-refractivity contribution in [1.29, 1.82) is 0 Å². The number of hydrogen-bond acceptors (Lipinski definition) is 6. The van der Waals surface area contributed by atoms with Gasteiger partial charge in [-0.2, -0.15) is 0 Å². The molecule has 0 unspecified atom stereocenters. The van der Waals surface area contributed by atoms with Gasteiger partial charge in [-0.1, -0.05) is 17.9 Å². The Morgan fingerprint density at radius 1 is 1.28 bits per heavy atom. The minimum absolute atomic E-state index is 0.534. The lowest BCUT2D eigenvalue weighted by atomic mass is 10.1. The minimum atomic E-state index is 0.534. The van der Waals surface area contributed by atoms with E-state index in [-0.39, 0.29) is 0 Å². The Kier molecular flexibility index (Phi) is 5.52. The lowest BCUT2D eigenvalue weighted by Crippen LogP contribution is -2.41. The average Bonchev–Trinajstić information content (AvgIpc) is 3.28. The number of anilines is 1. The molecular formula is C22H28N6S. The van der Waals surface area contributed by atoms with Crippen molar-refractivity contribution in [3.05, 3.63) is 53.6 Å². The summed E-state index contributed by atoms with van der Waals surface area (Å²) >= 11 is 1.65. The van der Waals surface area contributed by atoms with Crippen molar-refractivity contribution in [2.45, 2.75) is 39.7 Å². The fourth-order valence-electron chi connectivity index (χ4n) is 3.85. The van der Waals surface area contributed by atoms with Crippen molar-refractivity contribution < 1.29 is 0 Å². The number of allylic oxidation sites excluding steroid dienone is 1. The summed E-state index contributed by atoms with van der Waals surface area (Å²) in [5.74, 6) is 0. The van der Waals surface area contributed by atoms with Gasteiger partial charge >= 0.3 is 0 Å². The van der Waals surface area contributed by atoms with E-state index in [0.29, 0.717) is 6.04 Å². The van der Waals surface area contributed by atoms with E-state index in [4.69, 9.17) is 9.98 Å². The van der Waals surface area contributed by atoms with Crippen molar-refractivity contribution in [3.8, 4) is 0 Å². The highest BCUT2D eigenvalue weighted by Crippen LogP contribution is 2.35. The highest BCUT2D eigenvalue weighted by Gasteiger charge is 2.21. The van der Waals surface area contributed by atoms with Crippen LogP contribution < -0.4 is 10.2 Å². The van der Waals surface area contributed by atoms with Crippen LogP contribution in [-0.2, 0) is 0 Å². The summed E-state index contributed by atoms with van der Waals surface area (Å²) in [5.41, 5.74) is 5.95. The number of imidazole rings is 1. The highest BCUT2D eigenvalue weighted by molar-refractivity contribution is 7.19. The third-order valence-electron chi connectivity index (χ3n) is 5.49. The van der Waals surface area contributed by atoms with Gasteiger partial charge in [0.05, 0.1) is 17.1 Å². The first-order chi connectivity index (χ1) is 14.0. The van der Waals surface area contributed by atoms with Crippen LogP contribution in [0.15, 0.2) is 36.1 Å². The van der Waals surface area contributed by atoms with E-state index in [1.54, 1.807) is 11.3 Å². The van der Waals surface area contributed by atoms with Crippen molar-refractivity contribution in [2.24, 2.45) is 4.99 Å². The topological polar surface area (TPSA) is 57.8 Å². The standard InChI is InChI=1S/C22H28N6S/c1-6-19(17-11-14(2)20-24-15(3)12-28(20)13-17)26-21-16(4)25-22(29-21)27(5)18-7-9-23-10-8-18/h6,11-13,18,23H,1,7-10H2,2-5H3/b26-19+. The van der Waals surface area contributed by atoms with E-state index in [1.807, 2.05) is 26.1 Å². The van der Waals surface area contributed by atoms with Crippen LogP contribution in [0.25, 0.3) is 5.65 Å². The number of hydrogen-bond donors (Lipinski definition) is 1. The van der Waals surface area contributed by atoms with Crippen molar-refractivity contribution in [3.63, 3.8) is 0 Å². The maximum Gasteiger partial charge on any atom is 0.187 e. The Balaban J connectivity index is 1.67. The third kappa shape index (κ3) is 3.97. The predicted molar refractivity (Wildman–Crippen MR) is 122 cm³/mol. The second-order valence-corrected chi connectivity index (χ2v) is 8.66. The molecule has 3 aromatic rings. The summed E-state index contributed by atoms with van der Waals surface area (Å²) in [4.78, 5) is 16.6. The van der Waals surface area contributed by atoms with Crippen LogP contribution in [-0.4, -0.2) is 46.3 Å². The van der Waals surface area contributed by atoms with Crippen LogP contribution in [0.5, 0.6) is 0 Å². The first kappa shape index (κ1) is 19.8. The molecule has 0 aliphatic carbocycles. The Labute approximate surface area is 176 Å². The summed E-state index contributed by atoms with van der Waals surface area (Å²) in [5, 5.41) is 5.40. The lowest BCUT2D eigenvalue weighted by Gasteiger charge is -2.31. The second-order valence-electron chi connectivity index (χ2n) is 7.71. The average molecular weight is 409 g/mol. The fraction of sp³-hybridized carbons (Fsp3) is 0.409. The number of rotatable bonds is 5. The molecule has 1 saturated heterocycles. The monoisotopic (exact) mass is 408 g/mol. The summed E-state index contributed by atoms with van der Waals surface area (Å²) in [6.07, 6.45) is 8.22. The molecule has 3 aromatic heterocycles. The Hall–Kier alpha value is -2.51. The number of piperidine rings is 1. The highest BCUT2D eigenvalue weighted by atomic mass is 32.1. The molecule has 0 atom stereocenters. The van der Waals surface area contributed by atoms with E-state index in [2.05, 4.69) is 52.4 Å². The van der Waals surface area contributed by atoms with Gasteiger partial charge in [0.1, 0.15) is 10.6 Å². The zero-order valence-corrected chi connectivity index (χ0v) is 18.4. The van der Waals surface area contributed by atoms with Gasteiger partial charge in [-0.3, -0.25) is 0 Å². The molecule has 0 bridgehead atoms. The van der Waals surface area contributed by atoms with Gasteiger partial charge in [-0.05, 0) is 64.4 Å². The van der Waals surface area contributed by atoms with Crippen molar-refractivity contribution in [2.75, 3.05) is 25.0 Å². The van der Waals surface area contributed by atoms with E-state index in [1.165, 1.54) is 0 Å². The van der Waals surface area contributed by atoms with Crippen LogP contribution in [0.2, 0.25) is 0 Å². The van der Waals surface area contributed by atoms with Gasteiger partial charge in [0.25, 0.3) is 0 Å². The summed E-state index contributed by atoms with van der Waals surface area (Å²) in [6, 6.07) is 2.66. The number of aromatic nitrogens is 3. The Morgan fingerprint density at radius 3 is 2.76 bits per heavy atom. The lowest BCUT2D eigenvalue weighted by molar-refractivity contribution is 0.443. The van der Waals surface area contributed by atoms with Gasteiger partial charge in [0, 0.05) is 31.0 Å². The molecule has 1 fully saturated rings. The molecule has 29 heavy (non-hydrogen) atoms. The molecule has 6 nitrogen and oxygen atoms in total. The maximum absolute atomic E-state index is 4.93. The van der Waals surface area contributed by atoms with Crippen LogP contribution in [0.4, 0.5) is 10.1 Å². The van der Waals surface area contributed by atoms with Gasteiger partial charge < -0.3 is 14.6 Å².